The third kappa shape index (κ3) is 3.29. The quantitative estimate of drug-likeness (QED) is 0.821. The molecule has 1 heterocycles. The van der Waals surface area contributed by atoms with Gasteiger partial charge < -0.3 is 14.8 Å². The van der Waals surface area contributed by atoms with Gasteiger partial charge in [-0.1, -0.05) is 23.2 Å². The number of hydrogen-bond donors (Lipinski definition) is 1. The normalized spacial score (nSPS) is 10.2. The molecule has 7 heteroatoms. The molecule has 2 rings (SSSR count). The van der Waals surface area contributed by atoms with Gasteiger partial charge in [-0.2, -0.15) is 0 Å². The van der Waals surface area contributed by atoms with E-state index in [1.807, 2.05) is 0 Å². The average Bonchev–Trinajstić information content (AvgIpc) is 2.42. The molecular weight excluding hydrogens is 367 g/mol. The van der Waals surface area contributed by atoms with Gasteiger partial charge in [0, 0.05) is 16.7 Å². The maximum atomic E-state index is 6.12. The lowest BCUT2D eigenvalue weighted by Gasteiger charge is -2.14. The lowest BCUT2D eigenvalue weighted by molar-refractivity contribution is 0.396. The van der Waals surface area contributed by atoms with Gasteiger partial charge in [-0.05, 0) is 28.1 Å². The van der Waals surface area contributed by atoms with E-state index in [1.54, 1.807) is 38.6 Å². The molecule has 0 radical (unpaired) electrons. The van der Waals surface area contributed by atoms with Crippen molar-refractivity contribution in [3.8, 4) is 11.5 Å². The molecule has 1 N–H and O–H groups in total. The highest BCUT2D eigenvalue weighted by Crippen LogP contribution is 2.38. The molecule has 2 aromatic rings. The zero-order valence-electron chi connectivity index (χ0n) is 10.7. The molecule has 0 aliphatic carbocycles. The van der Waals surface area contributed by atoms with Gasteiger partial charge in [0.1, 0.15) is 17.3 Å². The number of benzene rings is 1. The minimum atomic E-state index is 0.462. The number of nitrogens with zero attached hydrogens (tertiary/aromatic N) is 1. The van der Waals surface area contributed by atoms with E-state index in [0.29, 0.717) is 33.0 Å². The first kappa shape index (κ1) is 15.2. The van der Waals surface area contributed by atoms with Crippen LogP contribution in [0.5, 0.6) is 11.5 Å². The number of rotatable bonds is 4. The van der Waals surface area contributed by atoms with Crippen LogP contribution in [0.2, 0.25) is 10.0 Å². The summed E-state index contributed by atoms with van der Waals surface area (Å²) < 4.78 is 11.2. The molecule has 0 saturated carbocycles. The number of nitrogens with one attached hydrogen (secondary N) is 1. The molecular formula is C13H11BrCl2N2O2. The lowest BCUT2D eigenvalue weighted by Crippen LogP contribution is -1.98. The average molecular weight is 378 g/mol. The number of hydrogen-bond acceptors (Lipinski definition) is 4. The summed E-state index contributed by atoms with van der Waals surface area (Å²) in [5.74, 6) is 1.62. The molecule has 1 aromatic heterocycles. The highest BCUT2D eigenvalue weighted by atomic mass is 79.9. The summed E-state index contributed by atoms with van der Waals surface area (Å²) in [5, 5.41) is 4.02. The third-order valence-electron chi connectivity index (χ3n) is 2.53. The van der Waals surface area contributed by atoms with Crippen LogP contribution < -0.4 is 14.8 Å². The van der Waals surface area contributed by atoms with Crippen LogP contribution in [-0.4, -0.2) is 19.2 Å². The van der Waals surface area contributed by atoms with Gasteiger partial charge in [-0.25, -0.2) is 4.98 Å². The summed E-state index contributed by atoms with van der Waals surface area (Å²) >= 11 is 15.5. The molecule has 0 fully saturated rings. The Labute approximate surface area is 135 Å². The second kappa shape index (κ2) is 6.52. The van der Waals surface area contributed by atoms with Crippen LogP contribution in [0.15, 0.2) is 28.9 Å². The highest BCUT2D eigenvalue weighted by Gasteiger charge is 2.12. The van der Waals surface area contributed by atoms with Crippen molar-refractivity contribution in [3.63, 3.8) is 0 Å². The topological polar surface area (TPSA) is 43.4 Å². The van der Waals surface area contributed by atoms with Gasteiger partial charge in [0.15, 0.2) is 0 Å². The Morgan fingerprint density at radius 3 is 2.35 bits per heavy atom. The molecule has 1 aromatic carbocycles. The largest absolute Gasteiger partial charge is 0.495 e. The summed E-state index contributed by atoms with van der Waals surface area (Å²) in [6.45, 7) is 0. The molecule has 0 atom stereocenters. The first-order valence-electron chi connectivity index (χ1n) is 5.54. The molecule has 20 heavy (non-hydrogen) atoms. The Kier molecular flexibility index (Phi) is 4.96. The minimum Gasteiger partial charge on any atom is -0.495 e. The number of ether oxygens (including phenoxy) is 2. The van der Waals surface area contributed by atoms with E-state index in [9.17, 15) is 0 Å². The fraction of sp³-hybridized carbons (Fsp3) is 0.154. The van der Waals surface area contributed by atoms with Crippen LogP contribution in [0.3, 0.4) is 0 Å². The van der Waals surface area contributed by atoms with Crippen molar-refractivity contribution >= 4 is 50.6 Å². The van der Waals surface area contributed by atoms with Gasteiger partial charge in [0.25, 0.3) is 0 Å². The van der Waals surface area contributed by atoms with Crippen LogP contribution in [0.25, 0.3) is 0 Å². The predicted octanol–water partition coefficient (Wildman–Crippen LogP) is 4.91. The van der Waals surface area contributed by atoms with Crippen molar-refractivity contribution in [2.45, 2.75) is 0 Å². The van der Waals surface area contributed by atoms with Crippen LogP contribution in [0.1, 0.15) is 0 Å². The molecule has 0 spiro atoms. The zero-order chi connectivity index (χ0) is 14.7. The maximum absolute atomic E-state index is 6.12. The van der Waals surface area contributed by atoms with E-state index in [4.69, 9.17) is 32.7 Å². The molecule has 0 aliphatic rings. The van der Waals surface area contributed by atoms with Crippen LogP contribution in [0, 0.1) is 0 Å². The molecule has 0 unspecified atom stereocenters. The minimum absolute atomic E-state index is 0.462. The van der Waals surface area contributed by atoms with E-state index in [1.165, 1.54) is 0 Å². The van der Waals surface area contributed by atoms with Gasteiger partial charge in [-0.3, -0.25) is 0 Å². The summed E-state index contributed by atoms with van der Waals surface area (Å²) in [5.41, 5.74) is 0.648. The summed E-state index contributed by atoms with van der Waals surface area (Å²) in [6.07, 6.45) is 1.64. The fourth-order valence-corrected chi connectivity index (χ4v) is 2.51. The first-order chi connectivity index (χ1) is 9.55. The van der Waals surface area contributed by atoms with Crippen molar-refractivity contribution in [1.29, 1.82) is 0 Å². The van der Waals surface area contributed by atoms with Crippen molar-refractivity contribution in [3.05, 3.63) is 38.9 Å². The number of pyridine rings is 1. The zero-order valence-corrected chi connectivity index (χ0v) is 13.8. The summed E-state index contributed by atoms with van der Waals surface area (Å²) in [6, 6.07) is 5.13. The fourth-order valence-electron chi connectivity index (χ4n) is 1.59. The molecule has 0 saturated heterocycles. The van der Waals surface area contributed by atoms with E-state index < -0.39 is 0 Å². The third-order valence-corrected chi connectivity index (χ3v) is 3.55. The Morgan fingerprint density at radius 1 is 1.05 bits per heavy atom. The van der Waals surface area contributed by atoms with Crippen LogP contribution in [0.4, 0.5) is 11.5 Å². The Bertz CT molecular complexity index is 638. The molecule has 0 amide bonds. The highest BCUT2D eigenvalue weighted by molar-refractivity contribution is 9.10. The predicted molar refractivity (Wildman–Crippen MR) is 84.8 cm³/mol. The summed E-state index contributed by atoms with van der Waals surface area (Å²) in [4.78, 5) is 4.20. The van der Waals surface area contributed by atoms with Gasteiger partial charge >= 0.3 is 0 Å². The lowest BCUT2D eigenvalue weighted by atomic mass is 10.2. The Hall–Kier alpha value is -1.17. The molecule has 4 nitrogen and oxygen atoms in total. The molecule has 0 aliphatic heterocycles. The summed E-state index contributed by atoms with van der Waals surface area (Å²) in [7, 11) is 3.10. The first-order valence-corrected chi connectivity index (χ1v) is 7.09. The second-order valence-corrected chi connectivity index (χ2v) is 5.53. The van der Waals surface area contributed by atoms with E-state index >= 15 is 0 Å². The van der Waals surface area contributed by atoms with Gasteiger partial charge in [-0.15, -0.1) is 0 Å². The smallest absolute Gasteiger partial charge is 0.149 e. The van der Waals surface area contributed by atoms with Crippen molar-refractivity contribution in [2.75, 3.05) is 19.5 Å². The molecule has 0 bridgehead atoms. The monoisotopic (exact) mass is 376 g/mol. The number of anilines is 2. The Balaban J connectivity index is 2.40. The second-order valence-electron chi connectivity index (χ2n) is 3.80. The molecule has 106 valence electrons. The van der Waals surface area contributed by atoms with Crippen molar-refractivity contribution in [1.82, 2.24) is 4.98 Å². The maximum Gasteiger partial charge on any atom is 0.149 e. The van der Waals surface area contributed by atoms with Crippen LogP contribution in [-0.2, 0) is 0 Å². The van der Waals surface area contributed by atoms with E-state index in [2.05, 4.69) is 26.2 Å². The Morgan fingerprint density at radius 2 is 1.75 bits per heavy atom. The number of halogens is 3. The van der Waals surface area contributed by atoms with Crippen molar-refractivity contribution < 1.29 is 9.47 Å². The van der Waals surface area contributed by atoms with Crippen LogP contribution >= 0.6 is 39.1 Å². The van der Waals surface area contributed by atoms with E-state index in [0.717, 1.165) is 4.47 Å². The number of aromatic nitrogens is 1. The standard InChI is InChI=1S/C13H11BrCl2N2O2/c1-19-11-5-12(20-2)10(4-8(11)15)18-13-9(16)3-7(14)6-17-13/h3-6H,1-2H3,(H,17,18). The van der Waals surface area contributed by atoms with Crippen molar-refractivity contribution in [2.24, 2.45) is 0 Å². The van der Waals surface area contributed by atoms with Gasteiger partial charge in [0.05, 0.1) is 30.0 Å². The SMILES string of the molecule is COc1cc(OC)c(Nc2ncc(Br)cc2Cl)cc1Cl. The van der Waals surface area contributed by atoms with Gasteiger partial charge in [0.2, 0.25) is 0 Å². The number of methoxy groups -OCH3 is 2. The van der Waals surface area contributed by atoms with E-state index in [-0.39, 0.29) is 0 Å².